The van der Waals surface area contributed by atoms with Crippen molar-refractivity contribution >= 4 is 16.5 Å². The van der Waals surface area contributed by atoms with Crippen molar-refractivity contribution < 1.29 is 4.74 Å². The van der Waals surface area contributed by atoms with Gasteiger partial charge in [0, 0.05) is 17.5 Å². The highest BCUT2D eigenvalue weighted by Crippen LogP contribution is 2.26. The van der Waals surface area contributed by atoms with Crippen molar-refractivity contribution in [1.82, 2.24) is 4.98 Å². The van der Waals surface area contributed by atoms with Gasteiger partial charge in [0.2, 0.25) is 0 Å². The molecule has 1 aromatic carbocycles. The lowest BCUT2D eigenvalue weighted by Gasteiger charge is -2.04. The Kier molecular flexibility index (Phi) is 4.20. The topological polar surface area (TPSA) is 34.1 Å². The summed E-state index contributed by atoms with van der Waals surface area (Å²) in [5.74, 6) is 1.49. The van der Waals surface area contributed by atoms with Gasteiger partial charge in [-0.3, -0.25) is 0 Å². The van der Waals surface area contributed by atoms with Gasteiger partial charge >= 0.3 is 0 Å². The van der Waals surface area contributed by atoms with Crippen LogP contribution in [0.4, 0.5) is 5.13 Å². The molecule has 2 rings (SSSR count). The van der Waals surface area contributed by atoms with Crippen LogP contribution in [0.3, 0.4) is 0 Å². The van der Waals surface area contributed by atoms with E-state index in [1.807, 2.05) is 24.3 Å². The molecule has 0 saturated heterocycles. The summed E-state index contributed by atoms with van der Waals surface area (Å²) in [5, 5.41) is 6.39. The van der Waals surface area contributed by atoms with Gasteiger partial charge in [0.05, 0.1) is 12.8 Å². The molecule has 18 heavy (non-hydrogen) atoms. The van der Waals surface area contributed by atoms with Gasteiger partial charge < -0.3 is 10.1 Å². The summed E-state index contributed by atoms with van der Waals surface area (Å²) in [4.78, 5) is 4.57. The number of nitrogens with zero attached hydrogens (tertiary/aromatic N) is 1. The summed E-state index contributed by atoms with van der Waals surface area (Å²) < 4.78 is 5.15. The van der Waals surface area contributed by atoms with E-state index in [2.05, 4.69) is 29.5 Å². The summed E-state index contributed by atoms with van der Waals surface area (Å²) in [6.45, 7) is 5.32. The highest BCUT2D eigenvalue weighted by atomic mass is 32.1. The summed E-state index contributed by atoms with van der Waals surface area (Å²) in [5.41, 5.74) is 2.12. The molecule has 0 saturated carbocycles. The molecule has 0 bridgehead atoms. The van der Waals surface area contributed by atoms with Crippen LogP contribution >= 0.6 is 11.3 Å². The number of hydrogen-bond acceptors (Lipinski definition) is 4. The minimum Gasteiger partial charge on any atom is -0.497 e. The molecule has 0 unspecified atom stereocenters. The Morgan fingerprint density at radius 2 is 2.00 bits per heavy atom. The van der Waals surface area contributed by atoms with Crippen molar-refractivity contribution in [2.24, 2.45) is 5.92 Å². The summed E-state index contributed by atoms with van der Waals surface area (Å²) >= 11 is 1.64. The van der Waals surface area contributed by atoms with E-state index in [-0.39, 0.29) is 0 Å². The molecule has 1 N–H and O–H groups in total. The van der Waals surface area contributed by atoms with Gasteiger partial charge in [0.1, 0.15) is 5.75 Å². The van der Waals surface area contributed by atoms with Gasteiger partial charge in [-0.15, -0.1) is 11.3 Å². The number of benzene rings is 1. The average molecular weight is 262 g/mol. The van der Waals surface area contributed by atoms with E-state index >= 15 is 0 Å². The molecule has 0 amide bonds. The van der Waals surface area contributed by atoms with E-state index < -0.39 is 0 Å². The standard InChI is InChI=1S/C14H18N2OS/c1-10(2)8-15-14-16-13(9-18-14)11-4-6-12(17-3)7-5-11/h4-7,9-10H,8H2,1-3H3,(H,15,16). The van der Waals surface area contributed by atoms with E-state index in [4.69, 9.17) is 4.74 Å². The van der Waals surface area contributed by atoms with Gasteiger partial charge in [-0.05, 0) is 30.2 Å². The van der Waals surface area contributed by atoms with Crippen molar-refractivity contribution in [1.29, 1.82) is 0 Å². The first kappa shape index (κ1) is 12.9. The minimum atomic E-state index is 0.623. The molecule has 0 aliphatic carbocycles. The maximum atomic E-state index is 5.15. The van der Waals surface area contributed by atoms with Crippen molar-refractivity contribution in [2.75, 3.05) is 19.0 Å². The van der Waals surface area contributed by atoms with E-state index in [0.717, 1.165) is 28.7 Å². The molecule has 0 aliphatic heterocycles. The fourth-order valence-electron chi connectivity index (χ4n) is 1.54. The number of nitrogens with one attached hydrogen (secondary N) is 1. The molecule has 1 aromatic heterocycles. The van der Waals surface area contributed by atoms with Crippen LogP contribution in [-0.4, -0.2) is 18.6 Å². The number of aromatic nitrogens is 1. The van der Waals surface area contributed by atoms with Crippen molar-refractivity contribution in [2.45, 2.75) is 13.8 Å². The molecule has 2 aromatic rings. The molecule has 0 aliphatic rings. The normalized spacial score (nSPS) is 10.7. The molecule has 0 atom stereocenters. The first-order chi connectivity index (χ1) is 8.69. The number of methoxy groups -OCH3 is 1. The smallest absolute Gasteiger partial charge is 0.183 e. The van der Waals surface area contributed by atoms with Gasteiger partial charge in [0.15, 0.2) is 5.13 Å². The Morgan fingerprint density at radius 3 is 2.61 bits per heavy atom. The van der Waals surface area contributed by atoms with E-state index in [1.54, 1.807) is 18.4 Å². The monoisotopic (exact) mass is 262 g/mol. The second-order valence-electron chi connectivity index (χ2n) is 4.54. The SMILES string of the molecule is COc1ccc(-c2csc(NCC(C)C)n2)cc1. The van der Waals surface area contributed by atoms with Gasteiger partial charge in [-0.1, -0.05) is 13.8 Å². The Morgan fingerprint density at radius 1 is 1.28 bits per heavy atom. The molecule has 0 spiro atoms. The van der Waals surface area contributed by atoms with Gasteiger partial charge in [0.25, 0.3) is 0 Å². The van der Waals surface area contributed by atoms with Crippen molar-refractivity contribution in [3.63, 3.8) is 0 Å². The minimum absolute atomic E-state index is 0.623. The molecule has 0 radical (unpaired) electrons. The molecule has 96 valence electrons. The predicted molar refractivity (Wildman–Crippen MR) is 77.4 cm³/mol. The highest BCUT2D eigenvalue weighted by molar-refractivity contribution is 7.14. The zero-order valence-corrected chi connectivity index (χ0v) is 11.8. The number of rotatable bonds is 5. The van der Waals surface area contributed by atoms with Gasteiger partial charge in [-0.25, -0.2) is 4.98 Å². The van der Waals surface area contributed by atoms with Gasteiger partial charge in [-0.2, -0.15) is 0 Å². The number of thiazole rings is 1. The highest BCUT2D eigenvalue weighted by Gasteiger charge is 2.05. The lowest BCUT2D eigenvalue weighted by molar-refractivity contribution is 0.415. The Labute approximate surface area is 112 Å². The summed E-state index contributed by atoms with van der Waals surface area (Å²) in [6, 6.07) is 7.96. The number of ether oxygens (including phenoxy) is 1. The zero-order valence-electron chi connectivity index (χ0n) is 10.9. The average Bonchev–Trinajstić information content (AvgIpc) is 2.85. The molecule has 0 fully saturated rings. The van der Waals surface area contributed by atoms with Crippen LogP contribution < -0.4 is 10.1 Å². The molecular weight excluding hydrogens is 244 g/mol. The van der Waals surface area contributed by atoms with Crippen molar-refractivity contribution in [3.8, 4) is 17.0 Å². The maximum absolute atomic E-state index is 5.15. The van der Waals surface area contributed by atoms with Crippen LogP contribution in [0.1, 0.15) is 13.8 Å². The second kappa shape index (κ2) is 5.87. The Balaban J connectivity index is 2.08. The lowest BCUT2D eigenvalue weighted by Crippen LogP contribution is -2.07. The molecule has 3 nitrogen and oxygen atoms in total. The summed E-state index contributed by atoms with van der Waals surface area (Å²) in [7, 11) is 1.67. The molecule has 4 heteroatoms. The first-order valence-electron chi connectivity index (χ1n) is 6.03. The van der Waals surface area contributed by atoms with E-state index in [9.17, 15) is 0 Å². The zero-order chi connectivity index (χ0) is 13.0. The third-order valence-corrected chi connectivity index (χ3v) is 3.35. The lowest BCUT2D eigenvalue weighted by atomic mass is 10.2. The van der Waals surface area contributed by atoms with Crippen LogP contribution in [0.2, 0.25) is 0 Å². The van der Waals surface area contributed by atoms with E-state index in [1.165, 1.54) is 0 Å². The fraction of sp³-hybridized carbons (Fsp3) is 0.357. The van der Waals surface area contributed by atoms with E-state index in [0.29, 0.717) is 5.92 Å². The first-order valence-corrected chi connectivity index (χ1v) is 6.91. The Hall–Kier alpha value is -1.55. The number of anilines is 1. The van der Waals surface area contributed by atoms with Crippen LogP contribution in [0.5, 0.6) is 5.75 Å². The molecule has 1 heterocycles. The van der Waals surface area contributed by atoms with Crippen LogP contribution in [0, 0.1) is 5.92 Å². The predicted octanol–water partition coefficient (Wildman–Crippen LogP) is 3.89. The summed E-state index contributed by atoms with van der Waals surface area (Å²) in [6.07, 6.45) is 0. The van der Waals surface area contributed by atoms with Crippen LogP contribution in [0.25, 0.3) is 11.3 Å². The Bertz CT molecular complexity index is 491. The quantitative estimate of drug-likeness (QED) is 0.887. The maximum Gasteiger partial charge on any atom is 0.183 e. The third kappa shape index (κ3) is 3.23. The van der Waals surface area contributed by atoms with Crippen LogP contribution in [-0.2, 0) is 0 Å². The third-order valence-electron chi connectivity index (χ3n) is 2.55. The number of hydrogen-bond donors (Lipinski definition) is 1. The van der Waals surface area contributed by atoms with Crippen LogP contribution in [0.15, 0.2) is 29.6 Å². The van der Waals surface area contributed by atoms with Crippen molar-refractivity contribution in [3.05, 3.63) is 29.6 Å². The molecular formula is C14H18N2OS. The fourth-order valence-corrected chi connectivity index (χ4v) is 2.27. The second-order valence-corrected chi connectivity index (χ2v) is 5.40. The largest absolute Gasteiger partial charge is 0.497 e.